The lowest BCUT2D eigenvalue weighted by atomic mass is 10.0. The third kappa shape index (κ3) is 59.3. The van der Waals surface area contributed by atoms with E-state index >= 15 is 0 Å². The molecule has 428 valence electrons. The first-order valence-corrected chi connectivity index (χ1v) is 33.0. The molecular formula is C66H128O6. The minimum absolute atomic E-state index is 0.0615. The van der Waals surface area contributed by atoms with E-state index in [1.165, 1.54) is 289 Å². The third-order valence-electron chi connectivity index (χ3n) is 15.4. The fourth-order valence-corrected chi connectivity index (χ4v) is 10.4. The molecule has 0 rings (SSSR count). The predicted octanol–water partition coefficient (Wildman–Crippen LogP) is 22.3. The van der Waals surface area contributed by atoms with Crippen LogP contribution in [-0.2, 0) is 28.6 Å². The zero-order valence-electron chi connectivity index (χ0n) is 49.2. The second-order valence-electron chi connectivity index (χ2n) is 22.8. The Hall–Kier alpha value is -1.59. The Bertz CT molecular complexity index is 1080. The Labute approximate surface area is 450 Å². The highest BCUT2D eigenvalue weighted by molar-refractivity contribution is 5.71. The normalized spacial score (nSPS) is 11.9. The summed E-state index contributed by atoms with van der Waals surface area (Å²) in [5.41, 5.74) is 0. The number of esters is 3. The topological polar surface area (TPSA) is 78.9 Å². The summed E-state index contributed by atoms with van der Waals surface area (Å²) in [6, 6.07) is 0. The van der Waals surface area contributed by atoms with Crippen molar-refractivity contribution in [3.05, 3.63) is 0 Å². The fourth-order valence-electron chi connectivity index (χ4n) is 10.4. The van der Waals surface area contributed by atoms with E-state index < -0.39 is 6.10 Å². The van der Waals surface area contributed by atoms with Gasteiger partial charge in [0, 0.05) is 19.3 Å². The lowest BCUT2D eigenvalue weighted by molar-refractivity contribution is -0.167. The van der Waals surface area contributed by atoms with E-state index in [2.05, 4.69) is 20.8 Å². The molecule has 0 saturated carbocycles. The maximum Gasteiger partial charge on any atom is 0.306 e. The second-order valence-corrected chi connectivity index (χ2v) is 22.8. The number of hydrogen-bond donors (Lipinski definition) is 0. The SMILES string of the molecule is CCCCCCCCCCCCCCCCCCCCCCCCCCCCCCCCCCCC(=O)OCC(COC(=O)CCCCCCCCCCC)OC(=O)CCCCCCCCCCCCCC. The van der Waals surface area contributed by atoms with Crippen LogP contribution in [-0.4, -0.2) is 37.2 Å². The molecular weight excluding hydrogens is 889 g/mol. The minimum atomic E-state index is -0.760. The molecule has 6 nitrogen and oxygen atoms in total. The lowest BCUT2D eigenvalue weighted by Gasteiger charge is -2.18. The van der Waals surface area contributed by atoms with Gasteiger partial charge < -0.3 is 14.2 Å². The maximum absolute atomic E-state index is 12.8. The number of unbranched alkanes of at least 4 members (excludes halogenated alkanes) is 51. The van der Waals surface area contributed by atoms with Gasteiger partial charge in [0.2, 0.25) is 0 Å². The Morgan fingerprint density at radius 1 is 0.222 bits per heavy atom. The van der Waals surface area contributed by atoms with Gasteiger partial charge in [-0.05, 0) is 19.3 Å². The standard InChI is InChI=1S/C66H128O6/c1-4-7-10-13-16-19-21-23-24-25-26-27-28-29-30-31-32-33-34-35-36-37-38-39-40-41-42-43-45-47-50-53-56-59-65(68)71-62-63(61-70-64(67)58-55-52-49-46-18-15-12-9-6-3)72-66(69)60-57-54-51-48-44-22-20-17-14-11-8-5-2/h63H,4-62H2,1-3H3. The average molecular weight is 1020 g/mol. The summed E-state index contributed by atoms with van der Waals surface area (Å²) < 4.78 is 16.9. The second kappa shape index (κ2) is 62.0. The highest BCUT2D eigenvalue weighted by atomic mass is 16.6. The van der Waals surface area contributed by atoms with Crippen LogP contribution in [0.25, 0.3) is 0 Å². The quantitative estimate of drug-likeness (QED) is 0.0343. The van der Waals surface area contributed by atoms with Gasteiger partial charge >= 0.3 is 17.9 Å². The van der Waals surface area contributed by atoms with Gasteiger partial charge in [0.25, 0.3) is 0 Å². The predicted molar refractivity (Wildman–Crippen MR) is 312 cm³/mol. The molecule has 0 heterocycles. The van der Waals surface area contributed by atoms with E-state index in [4.69, 9.17) is 14.2 Å². The summed E-state index contributed by atoms with van der Waals surface area (Å²) in [6.07, 6.45) is 71.6. The molecule has 0 aliphatic heterocycles. The summed E-state index contributed by atoms with van der Waals surface area (Å²) in [5.74, 6) is -0.837. The molecule has 1 atom stereocenters. The van der Waals surface area contributed by atoms with Crippen LogP contribution in [0.15, 0.2) is 0 Å². The van der Waals surface area contributed by atoms with Gasteiger partial charge in [-0.25, -0.2) is 0 Å². The number of ether oxygens (including phenoxy) is 3. The third-order valence-corrected chi connectivity index (χ3v) is 15.4. The fraction of sp³-hybridized carbons (Fsp3) is 0.955. The zero-order valence-corrected chi connectivity index (χ0v) is 49.2. The van der Waals surface area contributed by atoms with Crippen molar-refractivity contribution >= 4 is 17.9 Å². The van der Waals surface area contributed by atoms with Crippen LogP contribution in [0, 0.1) is 0 Å². The number of rotatable bonds is 62. The van der Waals surface area contributed by atoms with Gasteiger partial charge in [0.1, 0.15) is 13.2 Å². The molecule has 0 bridgehead atoms. The monoisotopic (exact) mass is 1020 g/mol. The van der Waals surface area contributed by atoms with Crippen molar-refractivity contribution in [3.63, 3.8) is 0 Å². The largest absolute Gasteiger partial charge is 0.462 e. The summed E-state index contributed by atoms with van der Waals surface area (Å²) in [5, 5.41) is 0. The number of carbonyl (C=O) groups excluding carboxylic acids is 3. The van der Waals surface area contributed by atoms with E-state index in [1.807, 2.05) is 0 Å². The molecule has 72 heavy (non-hydrogen) atoms. The number of hydrogen-bond acceptors (Lipinski definition) is 6. The van der Waals surface area contributed by atoms with Crippen LogP contribution in [0.3, 0.4) is 0 Å². The van der Waals surface area contributed by atoms with E-state index in [0.717, 1.165) is 57.8 Å². The first-order valence-electron chi connectivity index (χ1n) is 33.0. The van der Waals surface area contributed by atoms with Gasteiger partial charge in [-0.15, -0.1) is 0 Å². The first kappa shape index (κ1) is 70.4. The number of carbonyl (C=O) groups is 3. The highest BCUT2D eigenvalue weighted by Crippen LogP contribution is 2.19. The van der Waals surface area contributed by atoms with Crippen LogP contribution in [0.1, 0.15) is 387 Å². The van der Waals surface area contributed by atoms with E-state index in [0.29, 0.717) is 19.3 Å². The average Bonchev–Trinajstić information content (AvgIpc) is 3.38. The smallest absolute Gasteiger partial charge is 0.306 e. The Morgan fingerprint density at radius 3 is 0.556 bits per heavy atom. The van der Waals surface area contributed by atoms with Crippen molar-refractivity contribution in [3.8, 4) is 0 Å². The molecule has 0 spiro atoms. The Balaban J connectivity index is 3.91. The minimum Gasteiger partial charge on any atom is -0.462 e. The van der Waals surface area contributed by atoms with Gasteiger partial charge in [-0.2, -0.15) is 0 Å². The molecule has 0 saturated heterocycles. The highest BCUT2D eigenvalue weighted by Gasteiger charge is 2.19. The van der Waals surface area contributed by atoms with Crippen molar-refractivity contribution in [2.75, 3.05) is 13.2 Å². The molecule has 6 heteroatoms. The first-order chi connectivity index (χ1) is 35.5. The van der Waals surface area contributed by atoms with Crippen molar-refractivity contribution in [1.82, 2.24) is 0 Å². The molecule has 0 aliphatic rings. The molecule has 0 amide bonds. The van der Waals surface area contributed by atoms with Gasteiger partial charge in [0.05, 0.1) is 0 Å². The summed E-state index contributed by atoms with van der Waals surface area (Å²) in [6.45, 7) is 6.68. The zero-order chi connectivity index (χ0) is 52.2. The van der Waals surface area contributed by atoms with Crippen LogP contribution < -0.4 is 0 Å². The summed E-state index contributed by atoms with van der Waals surface area (Å²) in [4.78, 5) is 38.0. The summed E-state index contributed by atoms with van der Waals surface area (Å²) in [7, 11) is 0. The van der Waals surface area contributed by atoms with Crippen molar-refractivity contribution in [2.45, 2.75) is 393 Å². The molecule has 0 aliphatic carbocycles. The van der Waals surface area contributed by atoms with Crippen molar-refractivity contribution in [1.29, 1.82) is 0 Å². The van der Waals surface area contributed by atoms with Gasteiger partial charge in [0.15, 0.2) is 6.10 Å². The van der Waals surface area contributed by atoms with E-state index in [9.17, 15) is 14.4 Å². The van der Waals surface area contributed by atoms with Crippen molar-refractivity contribution in [2.24, 2.45) is 0 Å². The van der Waals surface area contributed by atoms with Gasteiger partial charge in [-0.3, -0.25) is 14.4 Å². The molecule has 0 fully saturated rings. The molecule has 0 aromatic heterocycles. The van der Waals surface area contributed by atoms with Gasteiger partial charge in [-0.1, -0.05) is 348 Å². The molecule has 1 unspecified atom stereocenters. The molecule has 0 aromatic carbocycles. The van der Waals surface area contributed by atoms with E-state index in [-0.39, 0.29) is 31.1 Å². The molecule has 0 N–H and O–H groups in total. The van der Waals surface area contributed by atoms with Crippen LogP contribution in [0.2, 0.25) is 0 Å². The maximum atomic E-state index is 12.8. The van der Waals surface area contributed by atoms with E-state index in [1.54, 1.807) is 0 Å². The Kier molecular flexibility index (Phi) is 60.6. The van der Waals surface area contributed by atoms with Crippen LogP contribution in [0.4, 0.5) is 0 Å². The van der Waals surface area contributed by atoms with Crippen molar-refractivity contribution < 1.29 is 28.6 Å². The Morgan fingerprint density at radius 2 is 0.375 bits per heavy atom. The van der Waals surface area contributed by atoms with Crippen LogP contribution in [0.5, 0.6) is 0 Å². The molecule has 0 radical (unpaired) electrons. The lowest BCUT2D eigenvalue weighted by Crippen LogP contribution is -2.30. The van der Waals surface area contributed by atoms with Crippen LogP contribution >= 0.6 is 0 Å². The molecule has 0 aromatic rings. The summed E-state index contributed by atoms with van der Waals surface area (Å²) >= 11 is 0.